The Labute approximate surface area is 140 Å². The third kappa shape index (κ3) is 2.90. The van der Waals surface area contributed by atoms with Crippen LogP contribution in [-0.2, 0) is 22.4 Å². The third-order valence-corrected chi connectivity index (χ3v) is 4.91. The van der Waals surface area contributed by atoms with E-state index in [1.54, 1.807) is 13.0 Å². The molecule has 2 aromatic rings. The smallest absolute Gasteiger partial charge is 0.338 e. The maximum atomic E-state index is 12.4. The van der Waals surface area contributed by atoms with Crippen molar-refractivity contribution in [3.63, 3.8) is 0 Å². The maximum absolute atomic E-state index is 12.4. The number of esters is 1. The summed E-state index contributed by atoms with van der Waals surface area (Å²) in [5, 5.41) is 3.96. The number of fused-ring (bicyclic) bond motifs is 3. The van der Waals surface area contributed by atoms with Gasteiger partial charge in [0.15, 0.2) is 6.10 Å². The number of hydrogen-bond acceptors (Lipinski definition) is 3. The zero-order chi connectivity index (χ0) is 16.7. The van der Waals surface area contributed by atoms with E-state index in [1.807, 2.05) is 12.1 Å². The quantitative estimate of drug-likeness (QED) is 0.849. The molecule has 5 heteroatoms. The molecule has 24 heavy (non-hydrogen) atoms. The Morgan fingerprint density at radius 3 is 2.83 bits per heavy atom. The zero-order valence-corrected chi connectivity index (χ0v) is 13.9. The van der Waals surface area contributed by atoms with Crippen LogP contribution in [0.2, 0.25) is 0 Å². The summed E-state index contributed by atoms with van der Waals surface area (Å²) in [5.41, 5.74) is 4.18. The molecule has 0 radical (unpaired) electrons. The van der Waals surface area contributed by atoms with Gasteiger partial charge in [-0.25, -0.2) is 4.79 Å². The molecule has 1 saturated carbocycles. The summed E-state index contributed by atoms with van der Waals surface area (Å²) in [6.07, 6.45) is 5.78. The second-order valence-corrected chi connectivity index (χ2v) is 6.88. The van der Waals surface area contributed by atoms with Crippen LogP contribution in [-0.4, -0.2) is 29.0 Å². The summed E-state index contributed by atoms with van der Waals surface area (Å²) in [5.74, 6) is -0.660. The number of benzene rings is 1. The highest BCUT2D eigenvalue weighted by Crippen LogP contribution is 2.30. The van der Waals surface area contributed by atoms with Crippen molar-refractivity contribution in [2.75, 3.05) is 0 Å². The molecule has 0 spiro atoms. The molecule has 1 atom stereocenters. The van der Waals surface area contributed by atoms with Crippen molar-refractivity contribution in [2.24, 2.45) is 0 Å². The summed E-state index contributed by atoms with van der Waals surface area (Å²) in [6.45, 7) is 1.62. The summed E-state index contributed by atoms with van der Waals surface area (Å²) in [4.78, 5) is 27.8. The van der Waals surface area contributed by atoms with Crippen LogP contribution in [0.3, 0.4) is 0 Å². The predicted octanol–water partition coefficient (Wildman–Crippen LogP) is 2.87. The number of aryl methyl sites for hydroxylation is 2. The highest BCUT2D eigenvalue weighted by atomic mass is 16.5. The molecule has 5 nitrogen and oxygen atoms in total. The molecule has 2 aliphatic carbocycles. The van der Waals surface area contributed by atoms with E-state index in [2.05, 4.69) is 10.3 Å². The van der Waals surface area contributed by atoms with Gasteiger partial charge in [0.1, 0.15) is 0 Å². The fourth-order valence-electron chi connectivity index (χ4n) is 3.36. The van der Waals surface area contributed by atoms with Gasteiger partial charge in [-0.05, 0) is 69.2 Å². The third-order valence-electron chi connectivity index (χ3n) is 4.91. The first kappa shape index (κ1) is 15.2. The number of ether oxygens (including phenoxy) is 1. The zero-order valence-electron chi connectivity index (χ0n) is 13.9. The first-order valence-electron chi connectivity index (χ1n) is 8.76. The molecule has 0 unspecified atom stereocenters. The second kappa shape index (κ2) is 5.96. The normalized spacial score (nSPS) is 18.0. The standard InChI is InChI=1S/C19H22N2O3/c1-11(18(22)20-13-7-8-13)24-19(23)12-6-9-17-15(10-12)14-4-2-3-5-16(14)21-17/h6,9-11,13,21H,2-5,7-8H2,1H3,(H,20,22)/t11-/m1/s1. The van der Waals surface area contributed by atoms with E-state index in [-0.39, 0.29) is 11.9 Å². The SMILES string of the molecule is C[C@@H](OC(=O)c1ccc2[nH]c3c(c2c1)CCCC3)C(=O)NC1CC1. The summed E-state index contributed by atoms with van der Waals surface area (Å²) in [6, 6.07) is 5.85. The minimum atomic E-state index is -0.770. The number of carbonyl (C=O) groups is 2. The Bertz CT molecular complexity index is 804. The van der Waals surface area contributed by atoms with E-state index in [0.717, 1.165) is 36.6 Å². The molecule has 4 rings (SSSR count). The Balaban J connectivity index is 1.52. The minimum absolute atomic E-state index is 0.217. The average Bonchev–Trinajstić information content (AvgIpc) is 3.32. The Kier molecular flexibility index (Phi) is 3.79. The first-order chi connectivity index (χ1) is 11.6. The molecule has 126 valence electrons. The molecule has 1 aromatic carbocycles. The molecule has 0 saturated heterocycles. The lowest BCUT2D eigenvalue weighted by atomic mass is 9.95. The van der Waals surface area contributed by atoms with Crippen molar-refractivity contribution >= 4 is 22.8 Å². The molecule has 1 amide bonds. The van der Waals surface area contributed by atoms with Crippen molar-refractivity contribution in [1.82, 2.24) is 10.3 Å². The first-order valence-corrected chi connectivity index (χ1v) is 8.76. The number of rotatable bonds is 4. The van der Waals surface area contributed by atoms with Gasteiger partial charge in [-0.3, -0.25) is 4.79 Å². The average molecular weight is 326 g/mol. The molecule has 1 heterocycles. The van der Waals surface area contributed by atoms with Crippen LogP contribution in [0.15, 0.2) is 18.2 Å². The Morgan fingerprint density at radius 1 is 1.25 bits per heavy atom. The van der Waals surface area contributed by atoms with E-state index in [4.69, 9.17) is 4.74 Å². The van der Waals surface area contributed by atoms with Gasteiger partial charge in [0.05, 0.1) is 5.56 Å². The maximum Gasteiger partial charge on any atom is 0.338 e. The van der Waals surface area contributed by atoms with E-state index >= 15 is 0 Å². The van der Waals surface area contributed by atoms with Gasteiger partial charge in [-0.15, -0.1) is 0 Å². The molecule has 0 bridgehead atoms. The molecule has 2 N–H and O–H groups in total. The Morgan fingerprint density at radius 2 is 2.04 bits per heavy atom. The number of aromatic amines is 1. The van der Waals surface area contributed by atoms with Crippen molar-refractivity contribution in [1.29, 1.82) is 0 Å². The van der Waals surface area contributed by atoms with Gasteiger partial charge in [0.2, 0.25) is 0 Å². The molecule has 1 fully saturated rings. The number of carbonyl (C=O) groups excluding carboxylic acids is 2. The van der Waals surface area contributed by atoms with Gasteiger partial charge < -0.3 is 15.0 Å². The van der Waals surface area contributed by atoms with Gasteiger partial charge >= 0.3 is 5.97 Å². The lowest BCUT2D eigenvalue weighted by Crippen LogP contribution is -2.37. The van der Waals surface area contributed by atoms with Crippen molar-refractivity contribution in [3.05, 3.63) is 35.0 Å². The van der Waals surface area contributed by atoms with Crippen molar-refractivity contribution in [3.8, 4) is 0 Å². The van der Waals surface area contributed by atoms with Crippen LogP contribution in [0.1, 0.15) is 54.2 Å². The van der Waals surface area contributed by atoms with Gasteiger partial charge in [0.25, 0.3) is 5.91 Å². The highest BCUT2D eigenvalue weighted by Gasteiger charge is 2.27. The predicted molar refractivity (Wildman–Crippen MR) is 91.0 cm³/mol. The largest absolute Gasteiger partial charge is 0.449 e. The van der Waals surface area contributed by atoms with Crippen LogP contribution in [0.5, 0.6) is 0 Å². The molecular formula is C19H22N2O3. The van der Waals surface area contributed by atoms with Crippen LogP contribution in [0, 0.1) is 0 Å². The summed E-state index contributed by atoms with van der Waals surface area (Å²) in [7, 11) is 0. The highest BCUT2D eigenvalue weighted by molar-refractivity contribution is 5.97. The number of amides is 1. The number of nitrogens with one attached hydrogen (secondary N) is 2. The lowest BCUT2D eigenvalue weighted by molar-refractivity contribution is -0.129. The molecular weight excluding hydrogens is 304 g/mol. The van der Waals surface area contributed by atoms with Crippen LogP contribution in [0.4, 0.5) is 0 Å². The van der Waals surface area contributed by atoms with Crippen LogP contribution >= 0.6 is 0 Å². The van der Waals surface area contributed by atoms with E-state index < -0.39 is 12.1 Å². The number of H-pyrrole nitrogens is 1. The van der Waals surface area contributed by atoms with E-state index in [1.165, 1.54) is 24.1 Å². The van der Waals surface area contributed by atoms with E-state index in [9.17, 15) is 9.59 Å². The van der Waals surface area contributed by atoms with Crippen molar-refractivity contribution < 1.29 is 14.3 Å². The lowest BCUT2D eigenvalue weighted by Gasteiger charge is -2.13. The topological polar surface area (TPSA) is 71.2 Å². The summed E-state index contributed by atoms with van der Waals surface area (Å²) >= 11 is 0. The fraction of sp³-hybridized carbons (Fsp3) is 0.474. The molecule has 0 aliphatic heterocycles. The Hall–Kier alpha value is -2.30. The minimum Gasteiger partial charge on any atom is -0.449 e. The number of hydrogen-bond donors (Lipinski definition) is 2. The van der Waals surface area contributed by atoms with Crippen LogP contribution < -0.4 is 5.32 Å². The van der Waals surface area contributed by atoms with Gasteiger partial charge in [-0.1, -0.05) is 0 Å². The van der Waals surface area contributed by atoms with E-state index in [0.29, 0.717) is 5.56 Å². The molecule has 2 aliphatic rings. The fourth-order valence-corrected chi connectivity index (χ4v) is 3.36. The monoisotopic (exact) mass is 326 g/mol. The molecule has 1 aromatic heterocycles. The second-order valence-electron chi connectivity index (χ2n) is 6.88. The summed E-state index contributed by atoms with van der Waals surface area (Å²) < 4.78 is 5.34. The van der Waals surface area contributed by atoms with Crippen LogP contribution in [0.25, 0.3) is 10.9 Å². The van der Waals surface area contributed by atoms with Gasteiger partial charge in [0, 0.05) is 22.6 Å². The van der Waals surface area contributed by atoms with Gasteiger partial charge in [-0.2, -0.15) is 0 Å². The number of aromatic nitrogens is 1. The van der Waals surface area contributed by atoms with Crippen molar-refractivity contribution in [2.45, 2.75) is 57.6 Å².